The number of carbonyl (C=O) groups is 1. The van der Waals surface area contributed by atoms with Crippen molar-refractivity contribution in [1.29, 1.82) is 0 Å². The maximum atomic E-state index is 12.8. The van der Waals surface area contributed by atoms with Gasteiger partial charge in [-0.3, -0.25) is 14.5 Å². The summed E-state index contributed by atoms with van der Waals surface area (Å²) in [5.41, 5.74) is 1.08. The van der Waals surface area contributed by atoms with Gasteiger partial charge in [-0.1, -0.05) is 6.07 Å². The molecule has 4 heterocycles. The molecule has 3 aliphatic rings. The molecular formula is C18H25N3O4. The molecule has 136 valence electrons. The predicted octanol–water partition coefficient (Wildman–Crippen LogP) is 0.949. The van der Waals surface area contributed by atoms with Crippen molar-refractivity contribution in [1.82, 2.24) is 14.9 Å². The van der Waals surface area contributed by atoms with E-state index in [1.807, 2.05) is 12.1 Å². The fourth-order valence-electron chi connectivity index (χ4n) is 4.25. The molecule has 0 saturated carbocycles. The maximum absolute atomic E-state index is 12.8. The van der Waals surface area contributed by atoms with E-state index < -0.39 is 0 Å². The Morgan fingerprint density at radius 1 is 1.40 bits per heavy atom. The number of hydroxylamine groups is 2. The number of methoxy groups -OCH3 is 1. The lowest BCUT2D eigenvalue weighted by atomic mass is 9.82. The zero-order chi connectivity index (χ0) is 17.2. The van der Waals surface area contributed by atoms with Crippen LogP contribution in [0.3, 0.4) is 0 Å². The summed E-state index contributed by atoms with van der Waals surface area (Å²) >= 11 is 0. The number of ether oxygens (including phenoxy) is 2. The minimum Gasteiger partial charge on any atom is -0.481 e. The number of nitrogens with zero attached hydrogens (tertiary/aromatic N) is 3. The average Bonchev–Trinajstić information content (AvgIpc) is 3.30. The summed E-state index contributed by atoms with van der Waals surface area (Å²) in [7, 11) is 1.65. The number of aromatic nitrogens is 1. The first-order valence-electron chi connectivity index (χ1n) is 8.98. The number of fused-ring (bicyclic) bond motifs is 1. The second-order valence-electron chi connectivity index (χ2n) is 7.06. The predicted molar refractivity (Wildman–Crippen MR) is 89.6 cm³/mol. The van der Waals surface area contributed by atoms with Gasteiger partial charge in [0.1, 0.15) is 0 Å². The summed E-state index contributed by atoms with van der Waals surface area (Å²) in [6.45, 7) is 5.19. The standard InChI is InChI=1S/C18H25N3O4/c1-23-17-13(4-2-5-19-17)8-20-9-14-11-24-12-16(15(14)10-20)18(22)21-6-3-7-25-21/h2,4-5,14-16H,3,6-12H2,1H3/t14-,15-,16-/m1/s1. The summed E-state index contributed by atoms with van der Waals surface area (Å²) in [6.07, 6.45) is 2.66. The van der Waals surface area contributed by atoms with E-state index in [1.165, 1.54) is 0 Å². The quantitative estimate of drug-likeness (QED) is 0.808. The molecule has 1 aromatic heterocycles. The van der Waals surface area contributed by atoms with Crippen LogP contribution < -0.4 is 4.74 Å². The smallest absolute Gasteiger partial charge is 0.251 e. The average molecular weight is 347 g/mol. The van der Waals surface area contributed by atoms with Gasteiger partial charge in [-0.05, 0) is 24.3 Å². The third-order valence-electron chi connectivity index (χ3n) is 5.47. The van der Waals surface area contributed by atoms with Gasteiger partial charge in [0.2, 0.25) is 5.88 Å². The number of pyridine rings is 1. The van der Waals surface area contributed by atoms with Crippen molar-refractivity contribution in [3.8, 4) is 5.88 Å². The van der Waals surface area contributed by atoms with Crippen LogP contribution in [0.4, 0.5) is 0 Å². The van der Waals surface area contributed by atoms with Crippen LogP contribution >= 0.6 is 0 Å². The number of hydrogen-bond acceptors (Lipinski definition) is 6. The SMILES string of the molecule is COc1ncccc1CN1C[C@@H]2COC[C@@H](C(=O)N3CCCO3)[C@@H]2C1. The monoisotopic (exact) mass is 347 g/mol. The van der Waals surface area contributed by atoms with Gasteiger partial charge in [-0.15, -0.1) is 0 Å². The highest BCUT2D eigenvalue weighted by Gasteiger charge is 2.45. The first-order valence-corrected chi connectivity index (χ1v) is 8.98. The van der Waals surface area contributed by atoms with E-state index in [0.29, 0.717) is 37.5 Å². The van der Waals surface area contributed by atoms with Gasteiger partial charge in [0.05, 0.1) is 39.4 Å². The van der Waals surface area contributed by atoms with Gasteiger partial charge in [0, 0.05) is 31.4 Å². The highest BCUT2D eigenvalue weighted by Crippen LogP contribution is 2.36. The zero-order valence-corrected chi connectivity index (χ0v) is 14.6. The number of amides is 1. The topological polar surface area (TPSA) is 64.1 Å². The summed E-state index contributed by atoms with van der Waals surface area (Å²) in [4.78, 5) is 24.9. The Labute approximate surface area is 147 Å². The van der Waals surface area contributed by atoms with Crippen molar-refractivity contribution < 1.29 is 19.1 Å². The second kappa shape index (κ2) is 7.27. The number of rotatable bonds is 4. The van der Waals surface area contributed by atoms with Gasteiger partial charge in [0.25, 0.3) is 5.91 Å². The van der Waals surface area contributed by atoms with Gasteiger partial charge in [-0.2, -0.15) is 0 Å². The molecule has 25 heavy (non-hydrogen) atoms. The maximum Gasteiger partial charge on any atom is 0.251 e. The van der Waals surface area contributed by atoms with Crippen molar-refractivity contribution in [2.24, 2.45) is 17.8 Å². The summed E-state index contributed by atoms with van der Waals surface area (Å²) in [6, 6.07) is 3.98. The first kappa shape index (κ1) is 16.8. The lowest BCUT2D eigenvalue weighted by Gasteiger charge is -2.33. The molecule has 3 atom stereocenters. The minimum absolute atomic E-state index is 0.0907. The highest BCUT2D eigenvalue weighted by atomic mass is 16.7. The molecule has 3 aliphatic heterocycles. The Bertz CT molecular complexity index is 620. The van der Waals surface area contributed by atoms with Crippen molar-refractivity contribution >= 4 is 5.91 Å². The molecule has 0 N–H and O–H groups in total. The number of likely N-dealkylation sites (tertiary alicyclic amines) is 1. The molecule has 7 heteroatoms. The fourth-order valence-corrected chi connectivity index (χ4v) is 4.25. The first-order chi connectivity index (χ1) is 12.3. The molecule has 0 aliphatic carbocycles. The van der Waals surface area contributed by atoms with E-state index in [-0.39, 0.29) is 11.8 Å². The van der Waals surface area contributed by atoms with Crippen LogP contribution in [0.2, 0.25) is 0 Å². The van der Waals surface area contributed by atoms with Crippen LogP contribution in [0, 0.1) is 17.8 Å². The molecule has 3 saturated heterocycles. The summed E-state index contributed by atoms with van der Waals surface area (Å²) in [5.74, 6) is 1.39. The van der Waals surface area contributed by atoms with Crippen molar-refractivity contribution in [3.63, 3.8) is 0 Å². The minimum atomic E-state index is -0.0994. The van der Waals surface area contributed by atoms with Crippen LogP contribution in [-0.2, 0) is 20.9 Å². The molecule has 0 spiro atoms. The Morgan fingerprint density at radius 2 is 2.32 bits per heavy atom. The number of hydrogen-bond donors (Lipinski definition) is 0. The Kier molecular flexibility index (Phi) is 4.87. The molecule has 0 aromatic carbocycles. The van der Waals surface area contributed by atoms with Crippen LogP contribution in [0.25, 0.3) is 0 Å². The van der Waals surface area contributed by atoms with Crippen LogP contribution in [0.1, 0.15) is 12.0 Å². The molecule has 0 radical (unpaired) electrons. The Hall–Kier alpha value is -1.70. The third-order valence-corrected chi connectivity index (χ3v) is 5.47. The largest absolute Gasteiger partial charge is 0.481 e. The van der Waals surface area contributed by atoms with Crippen LogP contribution in [0.15, 0.2) is 18.3 Å². The molecular weight excluding hydrogens is 322 g/mol. The molecule has 1 aromatic rings. The lowest BCUT2D eigenvalue weighted by Crippen LogP contribution is -2.45. The summed E-state index contributed by atoms with van der Waals surface area (Å²) < 4.78 is 11.1. The molecule has 0 unspecified atom stereocenters. The van der Waals surface area contributed by atoms with E-state index in [9.17, 15) is 4.79 Å². The van der Waals surface area contributed by atoms with Gasteiger partial charge in [-0.25, -0.2) is 10.0 Å². The van der Waals surface area contributed by atoms with Crippen LogP contribution in [0.5, 0.6) is 5.88 Å². The van der Waals surface area contributed by atoms with Gasteiger partial charge in [0.15, 0.2) is 0 Å². The van der Waals surface area contributed by atoms with E-state index >= 15 is 0 Å². The molecule has 0 bridgehead atoms. The van der Waals surface area contributed by atoms with Gasteiger partial charge < -0.3 is 9.47 Å². The normalized spacial score (nSPS) is 29.6. The molecule has 3 fully saturated rings. The molecule has 4 rings (SSSR count). The van der Waals surface area contributed by atoms with E-state index in [4.69, 9.17) is 14.3 Å². The zero-order valence-electron chi connectivity index (χ0n) is 14.6. The lowest BCUT2D eigenvalue weighted by molar-refractivity contribution is -0.181. The highest BCUT2D eigenvalue weighted by molar-refractivity contribution is 5.78. The Morgan fingerprint density at radius 3 is 3.12 bits per heavy atom. The molecule has 1 amide bonds. The Balaban J connectivity index is 1.44. The molecule has 7 nitrogen and oxygen atoms in total. The fraction of sp³-hybridized carbons (Fsp3) is 0.667. The number of carbonyl (C=O) groups excluding carboxylic acids is 1. The van der Waals surface area contributed by atoms with Crippen molar-refractivity contribution in [2.45, 2.75) is 13.0 Å². The second-order valence-corrected chi connectivity index (χ2v) is 7.06. The third kappa shape index (κ3) is 3.36. The van der Waals surface area contributed by atoms with Crippen molar-refractivity contribution in [3.05, 3.63) is 23.9 Å². The van der Waals surface area contributed by atoms with Crippen LogP contribution in [-0.4, -0.2) is 67.4 Å². The summed E-state index contributed by atoms with van der Waals surface area (Å²) in [5, 5.41) is 1.54. The van der Waals surface area contributed by atoms with E-state index in [1.54, 1.807) is 18.4 Å². The van der Waals surface area contributed by atoms with E-state index in [0.717, 1.165) is 38.2 Å². The van der Waals surface area contributed by atoms with Gasteiger partial charge >= 0.3 is 0 Å². The van der Waals surface area contributed by atoms with E-state index in [2.05, 4.69) is 9.88 Å². The van der Waals surface area contributed by atoms with Crippen molar-refractivity contribution in [2.75, 3.05) is 46.6 Å².